The summed E-state index contributed by atoms with van der Waals surface area (Å²) in [5.41, 5.74) is 1.06. The molecule has 1 N–H and O–H groups in total. The number of nitrogens with zero attached hydrogens (tertiary/aromatic N) is 1. The minimum atomic E-state index is -0.531. The minimum Gasteiger partial charge on any atom is -0.507 e. The molecule has 2 heterocycles. The molecule has 2 aromatic rings. The number of ketones is 1. The molecule has 2 aromatic carbocycles. The van der Waals surface area contributed by atoms with Gasteiger partial charge >= 0.3 is 0 Å². The number of allylic oxidation sites excluding steroid dienone is 1. The van der Waals surface area contributed by atoms with E-state index in [1.54, 1.807) is 12.1 Å². The highest BCUT2D eigenvalue weighted by Gasteiger charge is 2.33. The molecule has 0 saturated carbocycles. The van der Waals surface area contributed by atoms with E-state index >= 15 is 0 Å². The molecule has 0 amide bonds. The second-order valence-corrected chi connectivity index (χ2v) is 8.56. The molecule has 0 aromatic heterocycles. The summed E-state index contributed by atoms with van der Waals surface area (Å²) in [5.74, 6) is 0.696. The number of likely N-dealkylation sites (tertiary alicyclic amines) is 1. The molecule has 0 spiro atoms. The predicted octanol–water partition coefficient (Wildman–Crippen LogP) is 5.28. The molecule has 152 valence electrons. The standard InChI is InChI=1S/C23H23ClFNO3/c1-13-8-14(2)11-26(10-13)12-17-20(27)7-6-15-22(28)21(29-23(15)17)9-16-18(24)4-3-5-19(16)25/h3-7,9,13-14,27H,8,10-12H2,1-2H3/b21-9-/t13-,14-/m1/s1. The predicted molar refractivity (Wildman–Crippen MR) is 111 cm³/mol. The number of Topliss-reactive ketones (excluding diaryl/α,β-unsaturated/α-hetero) is 1. The van der Waals surface area contributed by atoms with Crippen molar-refractivity contribution in [2.24, 2.45) is 11.8 Å². The highest BCUT2D eigenvalue weighted by atomic mass is 35.5. The largest absolute Gasteiger partial charge is 0.507 e. The van der Waals surface area contributed by atoms with Crippen molar-refractivity contribution in [2.75, 3.05) is 13.1 Å². The van der Waals surface area contributed by atoms with E-state index in [2.05, 4.69) is 18.7 Å². The van der Waals surface area contributed by atoms with Crippen molar-refractivity contribution in [2.45, 2.75) is 26.8 Å². The molecule has 1 saturated heterocycles. The van der Waals surface area contributed by atoms with E-state index in [9.17, 15) is 14.3 Å². The van der Waals surface area contributed by atoms with Crippen molar-refractivity contribution in [3.05, 3.63) is 63.6 Å². The third-order valence-corrected chi connectivity index (χ3v) is 5.85. The minimum absolute atomic E-state index is 0.000713. The van der Waals surface area contributed by atoms with Gasteiger partial charge in [0, 0.05) is 25.2 Å². The molecule has 2 aliphatic heterocycles. The fourth-order valence-corrected chi connectivity index (χ4v) is 4.59. The first-order valence-corrected chi connectivity index (χ1v) is 10.2. The zero-order chi connectivity index (χ0) is 20.7. The summed E-state index contributed by atoms with van der Waals surface area (Å²) >= 11 is 6.08. The van der Waals surface area contributed by atoms with Crippen LogP contribution in [0.1, 0.15) is 41.8 Å². The Morgan fingerprint density at radius 3 is 2.66 bits per heavy atom. The molecule has 29 heavy (non-hydrogen) atoms. The summed E-state index contributed by atoms with van der Waals surface area (Å²) < 4.78 is 20.0. The average Bonchev–Trinajstić information content (AvgIpc) is 2.96. The first kappa shape index (κ1) is 19.9. The van der Waals surface area contributed by atoms with Crippen LogP contribution in [0.15, 0.2) is 36.1 Å². The number of hydrogen-bond donors (Lipinski definition) is 1. The Morgan fingerprint density at radius 2 is 1.97 bits per heavy atom. The van der Waals surface area contributed by atoms with Crippen molar-refractivity contribution >= 4 is 23.5 Å². The monoisotopic (exact) mass is 415 g/mol. The summed E-state index contributed by atoms with van der Waals surface area (Å²) in [6.45, 7) is 6.78. The number of hydrogen-bond acceptors (Lipinski definition) is 4. The van der Waals surface area contributed by atoms with Crippen molar-refractivity contribution in [3.63, 3.8) is 0 Å². The van der Waals surface area contributed by atoms with Gasteiger partial charge in [0.2, 0.25) is 5.78 Å². The summed E-state index contributed by atoms with van der Waals surface area (Å²) in [4.78, 5) is 15.1. The van der Waals surface area contributed by atoms with E-state index in [-0.39, 0.29) is 27.9 Å². The van der Waals surface area contributed by atoms with Gasteiger partial charge in [0.25, 0.3) is 0 Å². The number of phenols is 1. The van der Waals surface area contributed by atoms with Gasteiger partial charge in [0.05, 0.1) is 16.1 Å². The molecule has 4 nitrogen and oxygen atoms in total. The Hall–Kier alpha value is -2.37. The molecular weight excluding hydrogens is 393 g/mol. The van der Waals surface area contributed by atoms with E-state index in [0.717, 1.165) is 13.1 Å². The fourth-order valence-electron chi connectivity index (χ4n) is 4.37. The quantitative estimate of drug-likeness (QED) is 0.693. The molecule has 2 aliphatic rings. The van der Waals surface area contributed by atoms with Gasteiger partial charge in [-0.05, 0) is 48.6 Å². The van der Waals surface area contributed by atoms with E-state index in [0.29, 0.717) is 35.3 Å². The molecule has 0 unspecified atom stereocenters. The summed E-state index contributed by atoms with van der Waals surface area (Å²) in [7, 11) is 0. The third kappa shape index (κ3) is 3.89. The van der Waals surface area contributed by atoms with Crippen LogP contribution in [0.5, 0.6) is 11.5 Å². The normalized spacial score (nSPS) is 23.3. The van der Waals surface area contributed by atoms with Gasteiger partial charge in [-0.3, -0.25) is 9.69 Å². The number of piperidine rings is 1. The molecular formula is C23H23ClFNO3. The van der Waals surface area contributed by atoms with Crippen molar-refractivity contribution in [3.8, 4) is 11.5 Å². The van der Waals surface area contributed by atoms with E-state index in [1.807, 2.05) is 0 Å². The van der Waals surface area contributed by atoms with Gasteiger partial charge in [0.1, 0.15) is 17.3 Å². The highest BCUT2D eigenvalue weighted by molar-refractivity contribution is 6.32. The third-order valence-electron chi connectivity index (χ3n) is 5.52. The number of aromatic hydroxyl groups is 1. The lowest BCUT2D eigenvalue weighted by molar-refractivity contribution is 0.101. The number of fused-ring (bicyclic) bond motifs is 1. The van der Waals surface area contributed by atoms with Crippen LogP contribution in [0.2, 0.25) is 5.02 Å². The molecule has 0 bridgehead atoms. The SMILES string of the molecule is C[C@@H]1C[C@@H](C)CN(Cc2c(O)ccc3c2O/C(=C\c2c(F)cccc2Cl)C3=O)C1. The van der Waals surface area contributed by atoms with Gasteiger partial charge in [-0.2, -0.15) is 0 Å². The van der Waals surface area contributed by atoms with Crippen molar-refractivity contribution < 1.29 is 19.0 Å². The topological polar surface area (TPSA) is 49.8 Å². The van der Waals surface area contributed by atoms with Crippen molar-refractivity contribution in [1.82, 2.24) is 4.90 Å². The Balaban J connectivity index is 1.67. The van der Waals surface area contributed by atoms with Crippen LogP contribution in [0.3, 0.4) is 0 Å². The van der Waals surface area contributed by atoms with Crippen molar-refractivity contribution in [1.29, 1.82) is 0 Å². The van der Waals surface area contributed by atoms with E-state index in [4.69, 9.17) is 16.3 Å². The summed E-state index contributed by atoms with van der Waals surface area (Å²) in [6, 6.07) is 7.40. The van der Waals surface area contributed by atoms with Crippen LogP contribution in [0, 0.1) is 17.7 Å². The number of rotatable bonds is 3. The molecule has 2 atom stereocenters. The van der Waals surface area contributed by atoms with Crippen LogP contribution in [0.4, 0.5) is 4.39 Å². The van der Waals surface area contributed by atoms with Gasteiger partial charge in [-0.15, -0.1) is 0 Å². The lowest BCUT2D eigenvalue weighted by atomic mass is 9.91. The van der Waals surface area contributed by atoms with Gasteiger partial charge in [-0.1, -0.05) is 31.5 Å². The van der Waals surface area contributed by atoms with Gasteiger partial charge in [-0.25, -0.2) is 4.39 Å². The zero-order valence-corrected chi connectivity index (χ0v) is 17.2. The van der Waals surface area contributed by atoms with E-state index < -0.39 is 5.82 Å². The number of phenolic OH excluding ortho intramolecular Hbond substituents is 1. The van der Waals surface area contributed by atoms with Crippen LogP contribution >= 0.6 is 11.6 Å². The second-order valence-electron chi connectivity index (χ2n) is 8.16. The average molecular weight is 416 g/mol. The summed E-state index contributed by atoms with van der Waals surface area (Å²) in [5, 5.41) is 10.7. The Labute approximate surface area is 174 Å². The lowest BCUT2D eigenvalue weighted by Gasteiger charge is -2.35. The Bertz CT molecular complexity index is 974. The smallest absolute Gasteiger partial charge is 0.231 e. The second kappa shape index (κ2) is 7.81. The van der Waals surface area contributed by atoms with Gasteiger partial charge in [0.15, 0.2) is 5.76 Å². The molecule has 0 radical (unpaired) electrons. The Morgan fingerprint density at radius 1 is 1.24 bits per heavy atom. The maximum Gasteiger partial charge on any atom is 0.231 e. The van der Waals surface area contributed by atoms with Crippen LogP contribution in [0.25, 0.3) is 6.08 Å². The molecule has 4 rings (SSSR count). The number of carbonyl (C=O) groups is 1. The molecule has 6 heteroatoms. The molecule has 1 fully saturated rings. The maximum absolute atomic E-state index is 14.1. The van der Waals surface area contributed by atoms with Crippen LogP contribution < -0.4 is 4.74 Å². The Kier molecular flexibility index (Phi) is 5.36. The highest BCUT2D eigenvalue weighted by Crippen LogP contribution is 2.41. The van der Waals surface area contributed by atoms with Crippen LogP contribution in [-0.4, -0.2) is 28.9 Å². The number of benzene rings is 2. The number of ether oxygens (including phenoxy) is 1. The summed E-state index contributed by atoms with van der Waals surface area (Å²) in [6.07, 6.45) is 2.51. The zero-order valence-electron chi connectivity index (χ0n) is 16.4. The van der Waals surface area contributed by atoms with E-state index in [1.165, 1.54) is 30.7 Å². The fraction of sp³-hybridized carbons (Fsp3) is 0.348. The first-order valence-electron chi connectivity index (χ1n) is 9.79. The first-order chi connectivity index (χ1) is 13.8. The maximum atomic E-state index is 14.1. The van der Waals surface area contributed by atoms with Gasteiger partial charge < -0.3 is 9.84 Å². The molecule has 0 aliphatic carbocycles. The number of carbonyl (C=O) groups excluding carboxylic acids is 1. The number of halogens is 2. The van der Waals surface area contributed by atoms with Crippen LogP contribution in [-0.2, 0) is 6.54 Å². The lowest BCUT2D eigenvalue weighted by Crippen LogP contribution is -2.38.